The molecule has 0 radical (unpaired) electrons. The SMILES string of the molecule is CCCCCCCCC/C=C/CC/C=C/CC/C=C/CCCC(O)C(O)C(CO)NC(=O)C(O)CCCCCCCCCCCCCCCCCC/C=C\CCCCCCCCCCCCCCCCCC. The molecule has 0 heterocycles. The normalized spacial score (nSPS) is 13.9. The molecule has 0 aliphatic rings. The lowest BCUT2D eigenvalue weighted by atomic mass is 10.00. The van der Waals surface area contributed by atoms with Crippen LogP contribution in [0.25, 0.3) is 0 Å². The minimum Gasteiger partial charge on any atom is -0.394 e. The third-order valence-corrected chi connectivity index (χ3v) is 15.0. The molecule has 6 heteroatoms. The van der Waals surface area contributed by atoms with E-state index in [0.29, 0.717) is 19.3 Å². The molecule has 424 valence electrons. The summed E-state index contributed by atoms with van der Waals surface area (Å²) in [5.74, 6) is -0.596. The molecule has 0 aromatic carbocycles. The van der Waals surface area contributed by atoms with Gasteiger partial charge in [-0.1, -0.05) is 294 Å². The van der Waals surface area contributed by atoms with Gasteiger partial charge in [0, 0.05) is 0 Å². The van der Waals surface area contributed by atoms with Gasteiger partial charge in [-0.3, -0.25) is 4.79 Å². The van der Waals surface area contributed by atoms with Crippen LogP contribution in [0.4, 0.5) is 0 Å². The molecule has 4 atom stereocenters. The van der Waals surface area contributed by atoms with Gasteiger partial charge in [-0.15, -0.1) is 0 Å². The fourth-order valence-electron chi connectivity index (χ4n) is 9.96. The van der Waals surface area contributed by atoms with Gasteiger partial charge in [-0.2, -0.15) is 0 Å². The molecule has 0 bridgehead atoms. The van der Waals surface area contributed by atoms with Gasteiger partial charge in [0.25, 0.3) is 0 Å². The molecule has 6 nitrogen and oxygen atoms in total. The van der Waals surface area contributed by atoms with Crippen LogP contribution in [0.2, 0.25) is 0 Å². The number of rotatable bonds is 59. The third-order valence-electron chi connectivity index (χ3n) is 15.0. The van der Waals surface area contributed by atoms with E-state index in [4.69, 9.17) is 0 Å². The monoisotopic (exact) mass is 1010 g/mol. The second kappa shape index (κ2) is 60.1. The Bertz CT molecular complexity index is 1180. The number of hydrogen-bond donors (Lipinski definition) is 5. The van der Waals surface area contributed by atoms with Gasteiger partial charge in [0.1, 0.15) is 12.2 Å². The standard InChI is InChI=1S/C66H125NO5/c1-3-5-7-9-11-13-15-17-19-21-23-25-26-27-28-29-30-31-32-33-34-35-36-37-38-39-40-42-44-46-48-50-52-54-56-58-60-64(70)66(72)67-62(61-68)65(71)63(69)59-57-55-53-51-49-47-45-43-41-24-22-20-18-16-14-12-10-8-6-4-2/h20,22,31-32,43,45,51,53,62-65,68-71H,3-19,21,23-30,33-42,44,46-50,52,54-61H2,1-2H3,(H,67,72)/b22-20+,32-31-,45-43+,53-51+. The van der Waals surface area contributed by atoms with Crippen LogP contribution >= 0.6 is 0 Å². The molecule has 0 saturated heterocycles. The number of amides is 1. The van der Waals surface area contributed by atoms with Gasteiger partial charge in [-0.25, -0.2) is 0 Å². The zero-order valence-corrected chi connectivity index (χ0v) is 48.2. The largest absolute Gasteiger partial charge is 0.394 e. The van der Waals surface area contributed by atoms with Gasteiger partial charge in [0.05, 0.1) is 18.8 Å². The number of allylic oxidation sites excluding steroid dienone is 8. The lowest BCUT2D eigenvalue weighted by molar-refractivity contribution is -0.132. The van der Waals surface area contributed by atoms with Gasteiger partial charge in [-0.05, 0) is 89.9 Å². The molecular weight excluding hydrogens is 887 g/mol. The molecule has 0 aromatic heterocycles. The maximum Gasteiger partial charge on any atom is 0.249 e. The first-order valence-corrected chi connectivity index (χ1v) is 32.0. The first kappa shape index (κ1) is 70.3. The Hall–Kier alpha value is -1.73. The highest BCUT2D eigenvalue weighted by atomic mass is 16.3. The Kier molecular flexibility index (Phi) is 58.7. The maximum absolute atomic E-state index is 12.6. The predicted molar refractivity (Wildman–Crippen MR) is 316 cm³/mol. The summed E-state index contributed by atoms with van der Waals surface area (Å²) in [5.41, 5.74) is 0. The van der Waals surface area contributed by atoms with Crippen LogP contribution < -0.4 is 5.32 Å². The van der Waals surface area contributed by atoms with Crippen molar-refractivity contribution >= 4 is 5.91 Å². The number of carbonyl (C=O) groups is 1. The smallest absolute Gasteiger partial charge is 0.249 e. The second-order valence-corrected chi connectivity index (χ2v) is 22.1. The molecule has 5 N–H and O–H groups in total. The van der Waals surface area contributed by atoms with E-state index in [1.54, 1.807) is 0 Å². The molecule has 4 unspecified atom stereocenters. The molecular formula is C66H125NO5. The van der Waals surface area contributed by atoms with Crippen molar-refractivity contribution in [2.75, 3.05) is 6.61 Å². The Morgan fingerprint density at radius 1 is 0.333 bits per heavy atom. The van der Waals surface area contributed by atoms with E-state index in [2.05, 4.69) is 67.8 Å². The number of carbonyl (C=O) groups excluding carboxylic acids is 1. The van der Waals surface area contributed by atoms with Crippen LogP contribution in [-0.2, 0) is 4.79 Å². The summed E-state index contributed by atoms with van der Waals surface area (Å²) in [6.45, 7) is 4.06. The van der Waals surface area contributed by atoms with Crippen molar-refractivity contribution in [3.05, 3.63) is 48.6 Å². The summed E-state index contributed by atoms with van der Waals surface area (Å²) in [5, 5.41) is 44.0. The molecule has 0 spiro atoms. The molecule has 0 saturated carbocycles. The molecule has 0 aliphatic heterocycles. The van der Waals surface area contributed by atoms with Crippen LogP contribution in [0, 0.1) is 0 Å². The van der Waals surface area contributed by atoms with E-state index in [1.165, 1.54) is 250 Å². The fraction of sp³-hybridized carbons (Fsp3) is 0.864. The molecule has 0 rings (SSSR count). The van der Waals surface area contributed by atoms with Crippen molar-refractivity contribution in [3.63, 3.8) is 0 Å². The van der Waals surface area contributed by atoms with Crippen molar-refractivity contribution in [2.45, 2.75) is 359 Å². The molecule has 1 amide bonds. The lowest BCUT2D eigenvalue weighted by Gasteiger charge is -2.27. The Morgan fingerprint density at radius 3 is 0.875 bits per heavy atom. The predicted octanol–water partition coefficient (Wildman–Crippen LogP) is 19.3. The summed E-state index contributed by atoms with van der Waals surface area (Å²) in [7, 11) is 0. The van der Waals surface area contributed by atoms with E-state index in [9.17, 15) is 25.2 Å². The van der Waals surface area contributed by atoms with Crippen molar-refractivity contribution in [2.24, 2.45) is 0 Å². The van der Waals surface area contributed by atoms with Crippen LogP contribution in [0.5, 0.6) is 0 Å². The van der Waals surface area contributed by atoms with Gasteiger partial charge >= 0.3 is 0 Å². The van der Waals surface area contributed by atoms with Crippen LogP contribution in [-0.4, -0.2) is 57.3 Å². The van der Waals surface area contributed by atoms with Gasteiger partial charge < -0.3 is 25.7 Å². The number of nitrogens with one attached hydrogen (secondary N) is 1. The summed E-state index contributed by atoms with van der Waals surface area (Å²) < 4.78 is 0. The van der Waals surface area contributed by atoms with Gasteiger partial charge in [0.2, 0.25) is 5.91 Å². The number of aliphatic hydroxyl groups is 4. The third kappa shape index (κ3) is 53.1. The van der Waals surface area contributed by atoms with E-state index >= 15 is 0 Å². The molecule has 0 fully saturated rings. The van der Waals surface area contributed by atoms with Crippen molar-refractivity contribution in [1.82, 2.24) is 5.32 Å². The molecule has 72 heavy (non-hydrogen) atoms. The van der Waals surface area contributed by atoms with Gasteiger partial charge in [0.15, 0.2) is 0 Å². The highest BCUT2D eigenvalue weighted by Crippen LogP contribution is 2.18. The Morgan fingerprint density at radius 2 is 0.583 bits per heavy atom. The quantitative estimate of drug-likeness (QED) is 0.0308. The highest BCUT2D eigenvalue weighted by Gasteiger charge is 2.28. The van der Waals surface area contributed by atoms with Crippen molar-refractivity contribution < 1.29 is 25.2 Å². The van der Waals surface area contributed by atoms with Crippen LogP contribution in [0.3, 0.4) is 0 Å². The van der Waals surface area contributed by atoms with E-state index < -0.39 is 36.9 Å². The Labute approximate surface area is 449 Å². The van der Waals surface area contributed by atoms with Crippen molar-refractivity contribution in [1.29, 1.82) is 0 Å². The summed E-state index contributed by atoms with van der Waals surface area (Å²) in [4.78, 5) is 12.6. The minimum absolute atomic E-state index is 0.360. The van der Waals surface area contributed by atoms with Crippen LogP contribution in [0.1, 0.15) is 335 Å². The number of aliphatic hydroxyl groups excluding tert-OH is 4. The van der Waals surface area contributed by atoms with Crippen molar-refractivity contribution in [3.8, 4) is 0 Å². The van der Waals surface area contributed by atoms with E-state index in [-0.39, 0.29) is 0 Å². The number of hydrogen-bond acceptors (Lipinski definition) is 5. The minimum atomic E-state index is -1.30. The van der Waals surface area contributed by atoms with E-state index in [0.717, 1.165) is 51.4 Å². The Balaban J connectivity index is 3.59. The number of unbranched alkanes of at least 4 members (excludes halogenated alkanes) is 42. The average molecular weight is 1010 g/mol. The first-order valence-electron chi connectivity index (χ1n) is 32.0. The first-order chi connectivity index (χ1) is 35.5. The average Bonchev–Trinajstić information content (AvgIpc) is 3.39. The molecule has 0 aliphatic carbocycles. The van der Waals surface area contributed by atoms with Crippen LogP contribution in [0.15, 0.2) is 48.6 Å². The zero-order valence-electron chi connectivity index (χ0n) is 48.2. The fourth-order valence-corrected chi connectivity index (χ4v) is 9.96. The second-order valence-electron chi connectivity index (χ2n) is 22.1. The summed E-state index contributed by atoms with van der Waals surface area (Å²) in [6.07, 6.45) is 77.9. The lowest BCUT2D eigenvalue weighted by Crippen LogP contribution is -2.53. The zero-order chi connectivity index (χ0) is 52.3. The summed E-state index contributed by atoms with van der Waals surface area (Å²) in [6, 6.07) is -1.01. The topological polar surface area (TPSA) is 110 Å². The van der Waals surface area contributed by atoms with E-state index in [1.807, 2.05) is 0 Å². The molecule has 0 aromatic rings. The highest BCUT2D eigenvalue weighted by molar-refractivity contribution is 5.80. The summed E-state index contributed by atoms with van der Waals surface area (Å²) >= 11 is 0. The maximum atomic E-state index is 12.6.